The van der Waals surface area contributed by atoms with Gasteiger partial charge in [-0.1, -0.05) is 20.8 Å². The summed E-state index contributed by atoms with van der Waals surface area (Å²) < 4.78 is 15.0. The molecule has 3 N–H and O–H groups in total. The first-order chi connectivity index (χ1) is 16.5. The van der Waals surface area contributed by atoms with Crippen LogP contribution in [0.5, 0.6) is 0 Å². The van der Waals surface area contributed by atoms with Crippen molar-refractivity contribution in [3.63, 3.8) is 0 Å². The number of amides is 3. The van der Waals surface area contributed by atoms with E-state index in [9.17, 15) is 19.5 Å². The third-order valence-electron chi connectivity index (χ3n) is 7.96. The fourth-order valence-electron chi connectivity index (χ4n) is 5.97. The van der Waals surface area contributed by atoms with Gasteiger partial charge >= 0.3 is 6.09 Å². The molecule has 3 heterocycles. The lowest BCUT2D eigenvalue weighted by Gasteiger charge is -2.47. The van der Waals surface area contributed by atoms with Crippen molar-refractivity contribution in [1.82, 2.24) is 10.2 Å². The third kappa shape index (κ3) is 5.70. The van der Waals surface area contributed by atoms with Crippen molar-refractivity contribution in [3.05, 3.63) is 24.0 Å². The smallest absolute Gasteiger partial charge is 0.407 e. The first kappa shape index (κ1) is 25.3. The summed E-state index contributed by atoms with van der Waals surface area (Å²) in [6, 6.07) is 4.42. The molecule has 0 spiro atoms. The number of piperidine rings is 3. The zero-order valence-electron chi connectivity index (χ0n) is 20.8. The Morgan fingerprint density at radius 2 is 1.77 bits per heavy atom. The zero-order valence-corrected chi connectivity index (χ0v) is 20.8. The van der Waals surface area contributed by atoms with Crippen LogP contribution in [-0.2, 0) is 9.59 Å². The molecule has 0 aliphatic carbocycles. The largest absolute Gasteiger partial charge is 0.465 e. The summed E-state index contributed by atoms with van der Waals surface area (Å²) in [7, 11) is 0. The maximum absolute atomic E-state index is 15.0. The summed E-state index contributed by atoms with van der Waals surface area (Å²) in [5.74, 6) is 0.0174. The summed E-state index contributed by atoms with van der Waals surface area (Å²) in [6.45, 7) is 8.44. The standard InChI is InChI=1S/C26H37FN4O4/c1-26(2,3)22-14-17(10-13-31(22)25(34)35)16-8-11-30(12-9-16)21-6-4-18(15-19(21)27)28-20-5-7-23(32)29-24(20)33/h4,6,15-17,20,22,28H,5,7-14H2,1-3H3,(H,34,35)(H,29,32,33). The minimum atomic E-state index is -0.829. The number of rotatable bonds is 4. The molecule has 3 aliphatic heterocycles. The highest BCUT2D eigenvalue weighted by atomic mass is 19.1. The minimum absolute atomic E-state index is 0.0126. The highest BCUT2D eigenvalue weighted by Crippen LogP contribution is 2.41. The van der Waals surface area contributed by atoms with Crippen LogP contribution in [0.2, 0.25) is 0 Å². The lowest BCUT2D eigenvalue weighted by atomic mass is 9.71. The molecule has 0 radical (unpaired) electrons. The molecule has 0 aromatic heterocycles. The average molecular weight is 489 g/mol. The third-order valence-corrected chi connectivity index (χ3v) is 7.96. The van der Waals surface area contributed by atoms with Gasteiger partial charge in [-0.05, 0) is 67.6 Å². The number of carbonyl (C=O) groups is 3. The molecule has 0 bridgehead atoms. The van der Waals surface area contributed by atoms with E-state index in [4.69, 9.17) is 0 Å². The normalized spacial score (nSPS) is 26.5. The highest BCUT2D eigenvalue weighted by molar-refractivity contribution is 6.01. The van der Waals surface area contributed by atoms with E-state index in [1.807, 2.05) is 0 Å². The predicted octanol–water partition coefficient (Wildman–Crippen LogP) is 4.06. The second-order valence-corrected chi connectivity index (χ2v) is 11.3. The summed E-state index contributed by atoms with van der Waals surface area (Å²) in [5.41, 5.74) is 0.976. The molecular formula is C26H37FN4O4. The Kier molecular flexibility index (Phi) is 7.24. The molecule has 4 rings (SSSR count). The van der Waals surface area contributed by atoms with Crippen LogP contribution >= 0.6 is 0 Å². The molecule has 3 aliphatic rings. The van der Waals surface area contributed by atoms with Crippen LogP contribution in [0.25, 0.3) is 0 Å². The Morgan fingerprint density at radius 1 is 1.09 bits per heavy atom. The molecular weight excluding hydrogens is 451 g/mol. The SMILES string of the molecule is CC(C)(C)C1CC(C2CCN(c3ccc(NC4CCC(=O)NC4=O)cc3F)CC2)CCN1C(=O)O. The molecule has 0 saturated carbocycles. The molecule has 3 amide bonds. The van der Waals surface area contributed by atoms with Crippen molar-refractivity contribution in [1.29, 1.82) is 0 Å². The zero-order chi connectivity index (χ0) is 25.3. The van der Waals surface area contributed by atoms with E-state index in [1.165, 1.54) is 6.07 Å². The van der Waals surface area contributed by atoms with Gasteiger partial charge in [0, 0.05) is 37.8 Å². The maximum Gasteiger partial charge on any atom is 0.407 e. The molecule has 192 valence electrons. The van der Waals surface area contributed by atoms with Crippen LogP contribution in [0.15, 0.2) is 18.2 Å². The van der Waals surface area contributed by atoms with Crippen LogP contribution in [-0.4, -0.2) is 59.6 Å². The predicted molar refractivity (Wildman–Crippen MR) is 132 cm³/mol. The highest BCUT2D eigenvalue weighted by Gasteiger charge is 2.41. The fourth-order valence-corrected chi connectivity index (χ4v) is 5.97. The number of imide groups is 1. The quantitative estimate of drug-likeness (QED) is 0.553. The van der Waals surface area contributed by atoms with Crippen molar-refractivity contribution in [2.75, 3.05) is 29.9 Å². The van der Waals surface area contributed by atoms with Crippen molar-refractivity contribution in [2.45, 2.75) is 71.4 Å². The first-order valence-corrected chi connectivity index (χ1v) is 12.7. The molecule has 1 aromatic rings. The fraction of sp³-hybridized carbons (Fsp3) is 0.654. The number of anilines is 2. The maximum atomic E-state index is 15.0. The Morgan fingerprint density at radius 3 is 2.37 bits per heavy atom. The van der Waals surface area contributed by atoms with E-state index < -0.39 is 12.1 Å². The number of carboxylic acid groups (broad SMARTS) is 1. The van der Waals surface area contributed by atoms with Crippen LogP contribution in [0.1, 0.15) is 59.3 Å². The topological polar surface area (TPSA) is 102 Å². The monoisotopic (exact) mass is 488 g/mol. The summed E-state index contributed by atoms with van der Waals surface area (Å²) in [4.78, 5) is 38.7. The molecule has 8 nitrogen and oxygen atoms in total. The number of nitrogens with one attached hydrogen (secondary N) is 2. The van der Waals surface area contributed by atoms with Gasteiger partial charge in [0.2, 0.25) is 11.8 Å². The summed E-state index contributed by atoms with van der Waals surface area (Å²) in [6.07, 6.45) is 3.53. The first-order valence-electron chi connectivity index (χ1n) is 12.7. The molecule has 35 heavy (non-hydrogen) atoms. The van der Waals surface area contributed by atoms with Gasteiger partial charge in [0.05, 0.1) is 5.69 Å². The van der Waals surface area contributed by atoms with Gasteiger partial charge in [0.1, 0.15) is 11.9 Å². The number of carbonyl (C=O) groups excluding carboxylic acids is 2. The Hall–Kier alpha value is -2.84. The number of likely N-dealkylation sites (tertiary alicyclic amines) is 1. The second-order valence-electron chi connectivity index (χ2n) is 11.3. The molecule has 3 atom stereocenters. The van der Waals surface area contributed by atoms with Gasteiger partial charge in [-0.25, -0.2) is 9.18 Å². The van der Waals surface area contributed by atoms with E-state index >= 15 is 4.39 Å². The molecule has 1 aromatic carbocycles. The second kappa shape index (κ2) is 10.0. The van der Waals surface area contributed by atoms with Crippen LogP contribution in [0, 0.1) is 23.1 Å². The van der Waals surface area contributed by atoms with Gasteiger partial charge in [0.25, 0.3) is 0 Å². The van der Waals surface area contributed by atoms with Gasteiger partial charge < -0.3 is 20.2 Å². The van der Waals surface area contributed by atoms with E-state index in [0.29, 0.717) is 36.2 Å². The Balaban J connectivity index is 1.34. The van der Waals surface area contributed by atoms with Crippen molar-refractivity contribution in [3.8, 4) is 0 Å². The summed E-state index contributed by atoms with van der Waals surface area (Å²) in [5, 5.41) is 15.0. The van der Waals surface area contributed by atoms with E-state index in [-0.39, 0.29) is 35.5 Å². The number of hydrogen-bond acceptors (Lipinski definition) is 5. The number of hydrogen-bond donors (Lipinski definition) is 3. The van der Waals surface area contributed by atoms with Gasteiger partial charge in [-0.3, -0.25) is 14.9 Å². The van der Waals surface area contributed by atoms with Crippen molar-refractivity contribution >= 4 is 29.3 Å². The molecule has 3 unspecified atom stereocenters. The average Bonchev–Trinajstić information content (AvgIpc) is 2.80. The lowest BCUT2D eigenvalue weighted by Crippen LogP contribution is -2.53. The molecule has 3 saturated heterocycles. The van der Waals surface area contributed by atoms with Gasteiger partial charge in [-0.2, -0.15) is 0 Å². The Labute approximate surface area is 206 Å². The van der Waals surface area contributed by atoms with Gasteiger partial charge in [0.15, 0.2) is 0 Å². The number of benzene rings is 1. The Bertz CT molecular complexity index is 971. The van der Waals surface area contributed by atoms with Gasteiger partial charge in [-0.15, -0.1) is 0 Å². The minimum Gasteiger partial charge on any atom is -0.465 e. The summed E-state index contributed by atoms with van der Waals surface area (Å²) >= 11 is 0. The lowest BCUT2D eigenvalue weighted by molar-refractivity contribution is -0.133. The van der Waals surface area contributed by atoms with E-state index in [0.717, 1.165) is 38.8 Å². The molecule has 3 fully saturated rings. The van der Waals surface area contributed by atoms with E-state index in [2.05, 4.69) is 36.3 Å². The molecule has 9 heteroatoms. The van der Waals surface area contributed by atoms with E-state index in [1.54, 1.807) is 17.0 Å². The number of nitrogens with zero attached hydrogens (tertiary/aromatic N) is 2. The van der Waals surface area contributed by atoms with Crippen LogP contribution in [0.3, 0.4) is 0 Å². The van der Waals surface area contributed by atoms with Crippen LogP contribution < -0.4 is 15.5 Å². The van der Waals surface area contributed by atoms with Crippen LogP contribution in [0.4, 0.5) is 20.6 Å². The van der Waals surface area contributed by atoms with Crippen molar-refractivity contribution in [2.24, 2.45) is 17.3 Å². The number of halogens is 1. The van der Waals surface area contributed by atoms with Crippen molar-refractivity contribution < 1.29 is 23.9 Å².